The number of methoxy groups -OCH3 is 1. The molecule has 4 rings (SSSR count). The Bertz CT molecular complexity index is 1350. The first-order chi connectivity index (χ1) is 14.4. The first-order valence-electron chi connectivity index (χ1n) is 9.42. The highest BCUT2D eigenvalue weighted by Crippen LogP contribution is 2.34. The van der Waals surface area contributed by atoms with Gasteiger partial charge in [-0.2, -0.15) is 0 Å². The summed E-state index contributed by atoms with van der Waals surface area (Å²) in [6.45, 7) is 4.02. The zero-order valence-electron chi connectivity index (χ0n) is 16.7. The molecule has 0 spiro atoms. The number of carbonyl (C=O) groups excluding carboxylic acids is 2. The maximum atomic E-state index is 13.0. The zero-order valence-corrected chi connectivity index (χ0v) is 17.6. The van der Waals surface area contributed by atoms with Crippen LogP contribution < -0.4 is 10.9 Å². The fraction of sp³-hybridized carbons (Fsp3) is 0.174. The first kappa shape index (κ1) is 19.8. The summed E-state index contributed by atoms with van der Waals surface area (Å²) < 4.78 is 10.5. The lowest BCUT2D eigenvalue weighted by atomic mass is 10.0. The smallest absolute Gasteiger partial charge is 0.340 e. The molecule has 0 saturated heterocycles. The molecular formula is C23H20N2O4S. The lowest BCUT2D eigenvalue weighted by molar-refractivity contribution is 0.0602. The number of benzene rings is 2. The molecule has 7 heteroatoms. The van der Waals surface area contributed by atoms with Crippen molar-refractivity contribution >= 4 is 50.0 Å². The van der Waals surface area contributed by atoms with E-state index in [9.17, 15) is 9.59 Å². The summed E-state index contributed by atoms with van der Waals surface area (Å²) in [5.74, 6) is -0.840. The molecule has 0 fully saturated rings. The molecule has 0 unspecified atom stereocenters. The van der Waals surface area contributed by atoms with Crippen molar-refractivity contribution in [1.82, 2.24) is 0 Å². The van der Waals surface area contributed by atoms with E-state index >= 15 is 0 Å². The van der Waals surface area contributed by atoms with Crippen LogP contribution in [0.15, 0.2) is 52.9 Å². The van der Waals surface area contributed by atoms with E-state index in [1.807, 2.05) is 44.2 Å². The fourth-order valence-corrected chi connectivity index (χ4v) is 4.32. The van der Waals surface area contributed by atoms with Crippen molar-refractivity contribution in [2.24, 2.45) is 0 Å². The Morgan fingerprint density at radius 1 is 1.07 bits per heavy atom. The largest absolute Gasteiger partial charge is 0.465 e. The van der Waals surface area contributed by atoms with Gasteiger partial charge in [0.1, 0.15) is 16.1 Å². The predicted octanol–water partition coefficient (Wildman–Crippen LogP) is 5.29. The monoisotopic (exact) mass is 420 g/mol. The van der Waals surface area contributed by atoms with E-state index in [0.29, 0.717) is 16.1 Å². The molecule has 6 nitrogen and oxygen atoms in total. The Kier molecular flexibility index (Phi) is 5.13. The topological polar surface area (TPSA) is 92.4 Å². The van der Waals surface area contributed by atoms with Crippen molar-refractivity contribution < 1.29 is 18.7 Å². The molecule has 4 aromatic rings. The van der Waals surface area contributed by atoms with E-state index in [1.165, 1.54) is 18.4 Å². The highest BCUT2D eigenvalue weighted by Gasteiger charge is 2.21. The molecular weight excluding hydrogens is 400 g/mol. The molecule has 0 atom stereocenters. The summed E-state index contributed by atoms with van der Waals surface area (Å²) in [5, 5.41) is 14.0. The van der Waals surface area contributed by atoms with Crippen LogP contribution in [0.25, 0.3) is 21.7 Å². The number of thiophene rings is 1. The number of hydrogen-bond donors (Lipinski definition) is 2. The summed E-state index contributed by atoms with van der Waals surface area (Å²) in [4.78, 5) is 26.1. The van der Waals surface area contributed by atoms with Crippen molar-refractivity contribution in [3.63, 3.8) is 0 Å². The molecule has 1 amide bonds. The van der Waals surface area contributed by atoms with Crippen molar-refractivity contribution in [3.8, 4) is 0 Å². The van der Waals surface area contributed by atoms with Crippen LogP contribution in [-0.4, -0.2) is 19.0 Å². The van der Waals surface area contributed by atoms with Gasteiger partial charge in [0.15, 0.2) is 0 Å². The van der Waals surface area contributed by atoms with Crippen molar-refractivity contribution in [2.45, 2.75) is 19.8 Å². The number of hydrogen-bond acceptors (Lipinski definition) is 6. The molecule has 152 valence electrons. The minimum Gasteiger partial charge on any atom is -0.465 e. The Morgan fingerprint density at radius 2 is 1.83 bits per heavy atom. The van der Waals surface area contributed by atoms with E-state index in [-0.39, 0.29) is 17.0 Å². The van der Waals surface area contributed by atoms with Gasteiger partial charge in [-0.25, -0.2) is 4.79 Å². The third-order valence-electron chi connectivity index (χ3n) is 4.87. The third-order valence-corrected chi connectivity index (χ3v) is 6.22. The number of nitrogens with one attached hydrogen (secondary N) is 2. The Labute approximate surface area is 176 Å². The minimum atomic E-state index is -0.520. The van der Waals surface area contributed by atoms with Crippen molar-refractivity contribution in [2.75, 3.05) is 12.4 Å². The van der Waals surface area contributed by atoms with Gasteiger partial charge in [0.25, 0.3) is 5.91 Å². The number of rotatable bonds is 4. The lowest BCUT2D eigenvalue weighted by Gasteiger charge is -2.08. The van der Waals surface area contributed by atoms with Gasteiger partial charge >= 0.3 is 5.97 Å². The number of anilines is 1. The molecule has 0 aliphatic carbocycles. The van der Waals surface area contributed by atoms with Crippen molar-refractivity contribution in [3.05, 3.63) is 70.1 Å². The van der Waals surface area contributed by atoms with Gasteiger partial charge in [-0.05, 0) is 34.9 Å². The van der Waals surface area contributed by atoms with Gasteiger partial charge in [0.05, 0.1) is 12.7 Å². The Balaban J connectivity index is 1.79. The number of carbonyl (C=O) groups is 2. The van der Waals surface area contributed by atoms with Crippen LogP contribution in [0.4, 0.5) is 5.00 Å². The van der Waals surface area contributed by atoms with E-state index < -0.39 is 11.9 Å². The average Bonchev–Trinajstić information content (AvgIpc) is 3.16. The second-order valence-corrected chi connectivity index (χ2v) is 8.26. The summed E-state index contributed by atoms with van der Waals surface area (Å²) in [5.41, 5.74) is 0.683. The normalized spacial score (nSPS) is 11.2. The number of amides is 1. The fourth-order valence-electron chi connectivity index (χ4n) is 3.28. The second kappa shape index (κ2) is 7.76. The number of fused-ring (bicyclic) bond motifs is 3. The van der Waals surface area contributed by atoms with Gasteiger partial charge < -0.3 is 14.5 Å². The van der Waals surface area contributed by atoms with E-state index in [4.69, 9.17) is 14.6 Å². The number of ether oxygens (including phenoxy) is 1. The molecule has 2 aromatic heterocycles. The highest BCUT2D eigenvalue weighted by molar-refractivity contribution is 7.16. The molecule has 2 heterocycles. The summed E-state index contributed by atoms with van der Waals surface area (Å²) in [6, 6.07) is 14.9. The van der Waals surface area contributed by atoms with Crippen LogP contribution in [0.3, 0.4) is 0 Å². The first-order valence-corrected chi connectivity index (χ1v) is 10.2. The van der Waals surface area contributed by atoms with Gasteiger partial charge in [-0.3, -0.25) is 10.2 Å². The van der Waals surface area contributed by atoms with Crippen molar-refractivity contribution in [1.29, 1.82) is 5.41 Å². The quantitative estimate of drug-likeness (QED) is 0.347. The average molecular weight is 420 g/mol. The molecule has 0 bridgehead atoms. The number of esters is 1. The van der Waals surface area contributed by atoms with Crippen LogP contribution in [0, 0.1) is 5.41 Å². The molecule has 2 N–H and O–H groups in total. The summed E-state index contributed by atoms with van der Waals surface area (Å²) in [6.07, 6.45) is 0. The van der Waals surface area contributed by atoms with Crippen LogP contribution in [0.5, 0.6) is 0 Å². The van der Waals surface area contributed by atoms with Gasteiger partial charge in [0, 0.05) is 10.3 Å². The van der Waals surface area contributed by atoms with Crippen LogP contribution in [0.1, 0.15) is 45.4 Å². The highest BCUT2D eigenvalue weighted by atomic mass is 32.1. The lowest BCUT2D eigenvalue weighted by Crippen LogP contribution is -2.21. The van der Waals surface area contributed by atoms with E-state index in [1.54, 1.807) is 18.2 Å². The maximum Gasteiger partial charge on any atom is 0.340 e. The maximum absolute atomic E-state index is 13.0. The van der Waals surface area contributed by atoms with Crippen LogP contribution in [-0.2, 0) is 4.74 Å². The molecule has 2 aromatic carbocycles. The molecule has 0 aliphatic rings. The second-order valence-electron chi connectivity index (χ2n) is 7.18. The van der Waals surface area contributed by atoms with E-state index in [2.05, 4.69) is 5.32 Å². The third kappa shape index (κ3) is 3.48. The molecule has 0 radical (unpaired) electrons. The van der Waals surface area contributed by atoms with Gasteiger partial charge in [0.2, 0.25) is 5.55 Å². The predicted molar refractivity (Wildman–Crippen MR) is 117 cm³/mol. The van der Waals surface area contributed by atoms with Crippen LogP contribution in [0.2, 0.25) is 0 Å². The summed E-state index contributed by atoms with van der Waals surface area (Å²) >= 11 is 1.32. The molecule has 0 saturated carbocycles. The summed E-state index contributed by atoms with van der Waals surface area (Å²) in [7, 11) is 1.30. The van der Waals surface area contributed by atoms with Gasteiger partial charge in [-0.15, -0.1) is 11.3 Å². The van der Waals surface area contributed by atoms with Crippen LogP contribution >= 0.6 is 11.3 Å². The minimum absolute atomic E-state index is 0.0918. The van der Waals surface area contributed by atoms with E-state index in [0.717, 1.165) is 21.0 Å². The standard InChI is InChI=1S/C23H20N2O4S/c1-12(2)19-11-17(23(27)28-3)22(30-19)25-21(26)16-10-15-14-7-5-4-6-13(14)8-9-18(15)29-20(16)24/h4-12,24H,1-3H3,(H,25,26). The Morgan fingerprint density at radius 3 is 2.57 bits per heavy atom. The molecule has 30 heavy (non-hydrogen) atoms. The molecule has 0 aliphatic heterocycles. The SMILES string of the molecule is COC(=O)c1cc(C(C)C)sc1NC(=O)c1cc2c(ccc3ccccc32)oc1=N. The Hall–Kier alpha value is -3.45. The zero-order chi connectivity index (χ0) is 21.4. The van der Waals surface area contributed by atoms with Gasteiger partial charge in [-0.1, -0.05) is 44.2 Å².